The number of aliphatic carboxylic acids is 1. The maximum Gasteiger partial charge on any atom is 0.307 e. The van der Waals surface area contributed by atoms with Gasteiger partial charge in [0, 0.05) is 6.20 Å². The molecule has 1 fully saturated rings. The molecule has 0 radical (unpaired) electrons. The topological polar surface area (TPSA) is 79.3 Å². The number of carbonyl (C=O) groups excluding carboxylic acids is 1. The molecule has 1 aromatic rings. The Morgan fingerprint density at radius 2 is 2.11 bits per heavy atom. The van der Waals surface area contributed by atoms with Crippen LogP contribution in [0.4, 0.5) is 10.1 Å². The van der Waals surface area contributed by atoms with Crippen LogP contribution in [0.2, 0.25) is 0 Å². The van der Waals surface area contributed by atoms with Crippen molar-refractivity contribution in [3.8, 4) is 0 Å². The highest BCUT2D eigenvalue weighted by atomic mass is 19.1. The molecule has 2 N–H and O–H groups in total. The number of carbonyl (C=O) groups is 2. The fourth-order valence-electron chi connectivity index (χ4n) is 2.56. The minimum atomic E-state index is -0.972. The Balaban J connectivity index is 2.11. The maximum absolute atomic E-state index is 13.4. The van der Waals surface area contributed by atoms with E-state index in [4.69, 9.17) is 5.11 Å². The van der Waals surface area contributed by atoms with Crippen molar-refractivity contribution in [3.05, 3.63) is 24.3 Å². The van der Waals surface area contributed by atoms with Crippen molar-refractivity contribution in [2.75, 3.05) is 5.32 Å². The summed E-state index contributed by atoms with van der Waals surface area (Å²) in [5.41, 5.74) is 0.0312. The smallest absolute Gasteiger partial charge is 0.307 e. The number of hydrogen-bond acceptors (Lipinski definition) is 3. The number of hydrogen-bond donors (Lipinski definition) is 2. The number of nitrogens with zero attached hydrogens (tertiary/aromatic N) is 1. The van der Waals surface area contributed by atoms with E-state index in [1.807, 2.05) is 6.92 Å². The number of carboxylic acids is 1. The molecule has 1 aromatic heterocycles. The third-order valence-electron chi connectivity index (χ3n) is 3.48. The van der Waals surface area contributed by atoms with Gasteiger partial charge in [-0.05, 0) is 24.8 Å². The largest absolute Gasteiger partial charge is 0.481 e. The SMILES string of the molecule is CC1CC(C(=O)O)C(C(=O)Nc2ccncc2F)C1. The summed E-state index contributed by atoms with van der Waals surface area (Å²) in [6, 6.07) is 1.35. The first-order chi connectivity index (χ1) is 8.99. The quantitative estimate of drug-likeness (QED) is 0.875. The minimum absolute atomic E-state index is 0.0312. The van der Waals surface area contributed by atoms with Crippen LogP contribution in [-0.4, -0.2) is 22.0 Å². The average Bonchev–Trinajstić information content (AvgIpc) is 2.74. The number of nitrogens with one attached hydrogen (secondary N) is 1. The number of aromatic nitrogens is 1. The van der Waals surface area contributed by atoms with Crippen molar-refractivity contribution in [2.45, 2.75) is 19.8 Å². The normalized spacial score (nSPS) is 26.1. The summed E-state index contributed by atoms with van der Waals surface area (Å²) in [7, 11) is 0. The van der Waals surface area contributed by atoms with Crippen LogP contribution in [0.1, 0.15) is 19.8 Å². The molecular formula is C13H15FN2O3. The lowest BCUT2D eigenvalue weighted by atomic mass is 9.95. The van der Waals surface area contributed by atoms with Gasteiger partial charge in [0.05, 0.1) is 23.7 Å². The molecule has 1 aliphatic carbocycles. The lowest BCUT2D eigenvalue weighted by molar-refractivity contribution is -0.145. The number of anilines is 1. The highest BCUT2D eigenvalue weighted by Gasteiger charge is 2.41. The molecule has 3 atom stereocenters. The van der Waals surface area contributed by atoms with Crippen LogP contribution in [0.25, 0.3) is 0 Å². The van der Waals surface area contributed by atoms with Crippen LogP contribution in [0.3, 0.4) is 0 Å². The molecule has 2 rings (SSSR count). The first-order valence-electron chi connectivity index (χ1n) is 6.12. The predicted molar refractivity (Wildman–Crippen MR) is 65.8 cm³/mol. The van der Waals surface area contributed by atoms with E-state index in [0.29, 0.717) is 12.8 Å². The predicted octanol–water partition coefficient (Wildman–Crippen LogP) is 1.91. The Labute approximate surface area is 109 Å². The third kappa shape index (κ3) is 2.89. The second-order valence-electron chi connectivity index (χ2n) is 4.97. The highest BCUT2D eigenvalue weighted by Crippen LogP contribution is 2.37. The van der Waals surface area contributed by atoms with E-state index in [1.165, 1.54) is 12.3 Å². The second kappa shape index (κ2) is 5.34. The first kappa shape index (κ1) is 13.5. The van der Waals surface area contributed by atoms with Crippen molar-refractivity contribution in [1.29, 1.82) is 0 Å². The van der Waals surface area contributed by atoms with Gasteiger partial charge < -0.3 is 10.4 Å². The van der Waals surface area contributed by atoms with Crippen molar-refractivity contribution < 1.29 is 19.1 Å². The van der Waals surface area contributed by atoms with Gasteiger partial charge >= 0.3 is 5.97 Å². The Morgan fingerprint density at radius 3 is 2.74 bits per heavy atom. The molecule has 1 saturated carbocycles. The number of halogens is 1. The average molecular weight is 266 g/mol. The molecule has 3 unspecified atom stereocenters. The van der Waals surface area contributed by atoms with Crippen molar-refractivity contribution in [3.63, 3.8) is 0 Å². The molecule has 1 amide bonds. The van der Waals surface area contributed by atoms with E-state index in [2.05, 4.69) is 10.3 Å². The summed E-state index contributed by atoms with van der Waals surface area (Å²) in [5.74, 6) is -3.17. The first-order valence-corrected chi connectivity index (χ1v) is 6.12. The van der Waals surface area contributed by atoms with Crippen LogP contribution in [0.15, 0.2) is 18.5 Å². The summed E-state index contributed by atoms with van der Waals surface area (Å²) in [5, 5.41) is 11.5. The van der Waals surface area contributed by atoms with E-state index in [-0.39, 0.29) is 11.6 Å². The monoisotopic (exact) mass is 266 g/mol. The van der Waals surface area contributed by atoms with Gasteiger partial charge in [0.15, 0.2) is 5.82 Å². The Bertz CT molecular complexity index is 506. The number of amides is 1. The molecule has 6 heteroatoms. The van der Waals surface area contributed by atoms with Gasteiger partial charge in [-0.25, -0.2) is 4.39 Å². The molecule has 0 aromatic carbocycles. The van der Waals surface area contributed by atoms with Gasteiger partial charge in [-0.3, -0.25) is 14.6 Å². The molecule has 0 bridgehead atoms. The lowest BCUT2D eigenvalue weighted by Crippen LogP contribution is -2.30. The minimum Gasteiger partial charge on any atom is -0.481 e. The zero-order valence-corrected chi connectivity index (χ0v) is 10.5. The lowest BCUT2D eigenvalue weighted by Gasteiger charge is -2.15. The number of pyridine rings is 1. The Morgan fingerprint density at radius 1 is 1.42 bits per heavy atom. The highest BCUT2D eigenvalue weighted by molar-refractivity contribution is 5.95. The zero-order valence-electron chi connectivity index (χ0n) is 10.5. The summed E-state index contributed by atoms with van der Waals surface area (Å²) in [6.07, 6.45) is 3.36. The van der Waals surface area contributed by atoms with Gasteiger partial charge in [0.25, 0.3) is 0 Å². The third-order valence-corrected chi connectivity index (χ3v) is 3.48. The van der Waals surface area contributed by atoms with Crippen LogP contribution in [0, 0.1) is 23.6 Å². The molecule has 5 nitrogen and oxygen atoms in total. The molecule has 1 aliphatic rings. The summed E-state index contributed by atoms with van der Waals surface area (Å²) < 4.78 is 13.4. The van der Waals surface area contributed by atoms with Gasteiger partial charge in [0.1, 0.15) is 0 Å². The molecule has 102 valence electrons. The Kier molecular flexibility index (Phi) is 3.78. The van der Waals surface area contributed by atoms with E-state index in [0.717, 1.165) is 6.20 Å². The van der Waals surface area contributed by atoms with Gasteiger partial charge in [-0.15, -0.1) is 0 Å². The number of carboxylic acid groups (broad SMARTS) is 1. The van der Waals surface area contributed by atoms with Crippen molar-refractivity contribution in [2.24, 2.45) is 17.8 Å². The van der Waals surface area contributed by atoms with E-state index in [1.54, 1.807) is 0 Å². The van der Waals surface area contributed by atoms with Crippen molar-refractivity contribution in [1.82, 2.24) is 4.98 Å². The molecule has 1 heterocycles. The van der Waals surface area contributed by atoms with Gasteiger partial charge in [-0.2, -0.15) is 0 Å². The van der Waals surface area contributed by atoms with E-state index < -0.39 is 29.5 Å². The molecule has 0 aliphatic heterocycles. The van der Waals surface area contributed by atoms with Crippen LogP contribution >= 0.6 is 0 Å². The molecule has 19 heavy (non-hydrogen) atoms. The molecule has 0 saturated heterocycles. The van der Waals surface area contributed by atoms with E-state index >= 15 is 0 Å². The second-order valence-corrected chi connectivity index (χ2v) is 4.97. The summed E-state index contributed by atoms with van der Waals surface area (Å²) in [4.78, 5) is 26.8. The van der Waals surface area contributed by atoms with Crippen LogP contribution in [-0.2, 0) is 9.59 Å². The maximum atomic E-state index is 13.4. The fourth-order valence-corrected chi connectivity index (χ4v) is 2.56. The van der Waals surface area contributed by atoms with Crippen LogP contribution < -0.4 is 5.32 Å². The fraction of sp³-hybridized carbons (Fsp3) is 0.462. The zero-order chi connectivity index (χ0) is 14.0. The Hall–Kier alpha value is -1.98. The summed E-state index contributed by atoms with van der Waals surface area (Å²) in [6.45, 7) is 1.91. The van der Waals surface area contributed by atoms with E-state index in [9.17, 15) is 14.0 Å². The van der Waals surface area contributed by atoms with Gasteiger partial charge in [-0.1, -0.05) is 6.92 Å². The standard InChI is InChI=1S/C13H15FN2O3/c1-7-4-8(9(5-7)13(18)19)12(17)16-11-2-3-15-6-10(11)14/h2-3,6-9H,4-5H2,1H3,(H,18,19)(H,15,16,17). The summed E-state index contributed by atoms with van der Waals surface area (Å²) >= 11 is 0. The van der Waals surface area contributed by atoms with Crippen LogP contribution in [0.5, 0.6) is 0 Å². The molecule has 0 spiro atoms. The van der Waals surface area contributed by atoms with Crippen molar-refractivity contribution >= 4 is 17.6 Å². The number of rotatable bonds is 3. The molecular weight excluding hydrogens is 251 g/mol. The van der Waals surface area contributed by atoms with Gasteiger partial charge in [0.2, 0.25) is 5.91 Å².